The van der Waals surface area contributed by atoms with Crippen molar-refractivity contribution in [2.45, 2.75) is 19.8 Å². The second kappa shape index (κ2) is 7.82. The van der Waals surface area contributed by atoms with Crippen molar-refractivity contribution < 1.29 is 14.3 Å². The van der Waals surface area contributed by atoms with Crippen molar-refractivity contribution in [3.63, 3.8) is 0 Å². The summed E-state index contributed by atoms with van der Waals surface area (Å²) in [6.07, 6.45) is 0.812. The Kier molecular flexibility index (Phi) is 5.31. The number of hydrogen-bond acceptors (Lipinski definition) is 5. The first-order chi connectivity index (χ1) is 12.6. The molecule has 134 valence electrons. The molecule has 0 aliphatic heterocycles. The third-order valence-electron chi connectivity index (χ3n) is 3.88. The van der Waals surface area contributed by atoms with Gasteiger partial charge >= 0.3 is 5.97 Å². The number of rotatable bonds is 6. The van der Waals surface area contributed by atoms with Crippen molar-refractivity contribution in [2.24, 2.45) is 7.05 Å². The highest BCUT2D eigenvalue weighted by Crippen LogP contribution is 2.27. The lowest BCUT2D eigenvalue weighted by Crippen LogP contribution is -2.23. The number of hydrogen-bond donors (Lipinski definition) is 0. The van der Waals surface area contributed by atoms with E-state index >= 15 is 0 Å². The topological polar surface area (TPSA) is 70.4 Å². The van der Waals surface area contributed by atoms with E-state index in [4.69, 9.17) is 9.47 Å². The van der Waals surface area contributed by atoms with Crippen LogP contribution in [0.4, 0.5) is 0 Å². The molecule has 6 nitrogen and oxygen atoms in total. The molecule has 6 heteroatoms. The molecular formula is C20H20N2O4. The largest absolute Gasteiger partial charge is 0.490 e. The van der Waals surface area contributed by atoms with Crippen molar-refractivity contribution in [1.29, 1.82) is 0 Å². The minimum atomic E-state index is -0.464. The maximum Gasteiger partial charge on any atom is 0.317 e. The van der Waals surface area contributed by atoms with Gasteiger partial charge in [0, 0.05) is 12.4 Å². The number of aryl methyl sites for hydroxylation is 1. The molecular weight excluding hydrogens is 332 g/mol. The Morgan fingerprint density at radius 2 is 1.69 bits per heavy atom. The highest BCUT2D eigenvalue weighted by molar-refractivity contribution is 5.87. The van der Waals surface area contributed by atoms with Crippen LogP contribution in [0.2, 0.25) is 0 Å². The molecule has 1 aromatic heterocycles. The third kappa shape index (κ3) is 3.74. The van der Waals surface area contributed by atoms with Crippen LogP contribution in [0.15, 0.2) is 53.3 Å². The smallest absolute Gasteiger partial charge is 0.317 e. The summed E-state index contributed by atoms with van der Waals surface area (Å²) in [4.78, 5) is 24.6. The van der Waals surface area contributed by atoms with Crippen LogP contribution in [-0.2, 0) is 18.3 Å². The van der Waals surface area contributed by atoms with E-state index in [2.05, 4.69) is 5.10 Å². The van der Waals surface area contributed by atoms with Crippen LogP contribution in [0.3, 0.4) is 0 Å². The number of benzene rings is 2. The zero-order valence-corrected chi connectivity index (χ0v) is 14.8. The summed E-state index contributed by atoms with van der Waals surface area (Å²) in [5.41, 5.74) is 0.302. The van der Waals surface area contributed by atoms with E-state index in [1.165, 1.54) is 4.68 Å². The third-order valence-corrected chi connectivity index (χ3v) is 3.88. The lowest BCUT2D eigenvalue weighted by molar-refractivity contribution is -0.133. The van der Waals surface area contributed by atoms with Gasteiger partial charge in [-0.3, -0.25) is 9.59 Å². The molecule has 0 unspecified atom stereocenters. The van der Waals surface area contributed by atoms with Gasteiger partial charge in [-0.05, 0) is 24.6 Å². The molecule has 0 amide bonds. The van der Waals surface area contributed by atoms with Gasteiger partial charge in [-0.25, -0.2) is 4.68 Å². The quantitative estimate of drug-likeness (QED) is 0.504. The van der Waals surface area contributed by atoms with Gasteiger partial charge in [0.1, 0.15) is 0 Å². The average Bonchev–Trinajstić information content (AvgIpc) is 2.65. The molecule has 0 atom stereocenters. The maximum absolute atomic E-state index is 12.4. The van der Waals surface area contributed by atoms with Crippen LogP contribution in [0.1, 0.15) is 19.0 Å². The Morgan fingerprint density at radius 1 is 1.04 bits per heavy atom. The molecule has 3 aromatic rings. The summed E-state index contributed by atoms with van der Waals surface area (Å²) in [5, 5.41) is 5.41. The highest BCUT2D eigenvalue weighted by Gasteiger charge is 2.15. The van der Waals surface area contributed by atoms with Crippen LogP contribution < -0.4 is 15.0 Å². The van der Waals surface area contributed by atoms with E-state index in [-0.39, 0.29) is 12.0 Å². The molecule has 2 aromatic carbocycles. The monoisotopic (exact) mass is 352 g/mol. The second-order valence-electron chi connectivity index (χ2n) is 5.87. The summed E-state index contributed by atoms with van der Waals surface area (Å²) in [5.74, 6) is 0.440. The van der Waals surface area contributed by atoms with Crippen molar-refractivity contribution in [3.8, 4) is 11.5 Å². The van der Waals surface area contributed by atoms with Crippen molar-refractivity contribution in [1.82, 2.24) is 9.78 Å². The molecule has 0 saturated heterocycles. The SMILES string of the molecule is CCCOc1ccccc1OC(=O)Cc1nn(C)c(=O)c2ccccc12. The van der Waals surface area contributed by atoms with Crippen LogP contribution >= 0.6 is 0 Å². The van der Waals surface area contributed by atoms with Gasteiger partial charge in [0.25, 0.3) is 5.56 Å². The molecule has 26 heavy (non-hydrogen) atoms. The molecule has 0 saturated carbocycles. The number of esters is 1. The molecule has 3 rings (SSSR count). The van der Waals surface area contributed by atoms with E-state index in [1.807, 2.05) is 19.1 Å². The molecule has 0 aliphatic rings. The number of carbonyl (C=O) groups is 1. The fourth-order valence-corrected chi connectivity index (χ4v) is 2.67. The van der Waals surface area contributed by atoms with Gasteiger partial charge < -0.3 is 9.47 Å². The number of aromatic nitrogens is 2. The first-order valence-corrected chi connectivity index (χ1v) is 8.47. The number of fused-ring (bicyclic) bond motifs is 1. The predicted octanol–water partition coefficient (Wildman–Crippen LogP) is 2.87. The predicted molar refractivity (Wildman–Crippen MR) is 98.6 cm³/mol. The molecule has 0 N–H and O–H groups in total. The first kappa shape index (κ1) is 17.7. The number of para-hydroxylation sites is 2. The first-order valence-electron chi connectivity index (χ1n) is 8.47. The van der Waals surface area contributed by atoms with Crippen LogP contribution in [-0.4, -0.2) is 22.4 Å². The van der Waals surface area contributed by atoms with Gasteiger partial charge in [-0.1, -0.05) is 37.3 Å². The fraction of sp³-hybridized carbons (Fsp3) is 0.250. The Balaban J connectivity index is 1.85. The van der Waals surface area contributed by atoms with E-state index in [9.17, 15) is 9.59 Å². The summed E-state index contributed by atoms with van der Waals surface area (Å²) >= 11 is 0. The molecule has 1 heterocycles. The standard InChI is InChI=1S/C20H20N2O4/c1-3-12-25-17-10-6-7-11-18(17)26-19(23)13-16-14-8-4-5-9-15(14)20(24)22(2)21-16/h4-11H,3,12-13H2,1-2H3. The summed E-state index contributed by atoms with van der Waals surface area (Å²) in [6, 6.07) is 14.2. The van der Waals surface area contributed by atoms with Crippen molar-refractivity contribution in [3.05, 3.63) is 64.6 Å². The zero-order chi connectivity index (χ0) is 18.5. The summed E-state index contributed by atoms with van der Waals surface area (Å²) < 4.78 is 12.3. The maximum atomic E-state index is 12.4. The zero-order valence-electron chi connectivity index (χ0n) is 14.8. The van der Waals surface area contributed by atoms with Crippen LogP contribution in [0, 0.1) is 0 Å². The number of carbonyl (C=O) groups excluding carboxylic acids is 1. The average molecular weight is 352 g/mol. The van der Waals surface area contributed by atoms with Gasteiger partial charge in [0.15, 0.2) is 11.5 Å². The molecule has 0 radical (unpaired) electrons. The number of nitrogens with zero attached hydrogens (tertiary/aromatic N) is 2. The normalized spacial score (nSPS) is 10.7. The Labute approximate surface area is 151 Å². The Hall–Kier alpha value is -3.15. The van der Waals surface area contributed by atoms with Gasteiger partial charge in [-0.2, -0.15) is 5.10 Å². The molecule has 0 fully saturated rings. The summed E-state index contributed by atoms with van der Waals surface area (Å²) in [6.45, 7) is 2.55. The fourth-order valence-electron chi connectivity index (χ4n) is 2.67. The van der Waals surface area contributed by atoms with Crippen LogP contribution in [0.5, 0.6) is 11.5 Å². The Morgan fingerprint density at radius 3 is 2.42 bits per heavy atom. The highest BCUT2D eigenvalue weighted by atomic mass is 16.6. The molecule has 0 bridgehead atoms. The molecule has 0 aliphatic carbocycles. The lowest BCUT2D eigenvalue weighted by atomic mass is 10.1. The Bertz CT molecular complexity index is 995. The van der Waals surface area contributed by atoms with Crippen molar-refractivity contribution in [2.75, 3.05) is 6.61 Å². The minimum absolute atomic E-state index is 0.0449. The van der Waals surface area contributed by atoms with Gasteiger partial charge in [0.05, 0.1) is 24.1 Å². The van der Waals surface area contributed by atoms with Crippen LogP contribution in [0.25, 0.3) is 10.8 Å². The van der Waals surface area contributed by atoms with Gasteiger partial charge in [-0.15, -0.1) is 0 Å². The van der Waals surface area contributed by atoms with E-state index < -0.39 is 5.97 Å². The van der Waals surface area contributed by atoms with Gasteiger partial charge in [0.2, 0.25) is 0 Å². The van der Waals surface area contributed by atoms with Crippen molar-refractivity contribution >= 4 is 16.7 Å². The molecule has 0 spiro atoms. The second-order valence-corrected chi connectivity index (χ2v) is 5.87. The van der Waals surface area contributed by atoms with E-state index in [1.54, 1.807) is 43.4 Å². The lowest BCUT2D eigenvalue weighted by Gasteiger charge is -2.11. The van der Waals surface area contributed by atoms with E-state index in [0.717, 1.165) is 6.42 Å². The van der Waals surface area contributed by atoms with E-state index in [0.29, 0.717) is 34.6 Å². The summed E-state index contributed by atoms with van der Waals surface area (Å²) in [7, 11) is 1.57. The number of ether oxygens (including phenoxy) is 2. The minimum Gasteiger partial charge on any atom is -0.490 e.